The summed E-state index contributed by atoms with van der Waals surface area (Å²) in [6.45, 7) is 0.592. The van der Waals surface area contributed by atoms with Crippen LogP contribution in [-0.4, -0.2) is 35.5 Å². The number of aromatic hydroxyl groups is 1. The number of carbonyl (C=O) groups is 1. The zero-order chi connectivity index (χ0) is 18.7. The van der Waals surface area contributed by atoms with Crippen LogP contribution in [-0.2, 0) is 22.3 Å². The first-order valence-corrected chi connectivity index (χ1v) is 8.13. The Hall–Kier alpha value is -2.38. The van der Waals surface area contributed by atoms with E-state index in [2.05, 4.69) is 0 Å². The van der Waals surface area contributed by atoms with Crippen molar-refractivity contribution in [2.75, 3.05) is 13.2 Å². The lowest BCUT2D eigenvalue weighted by atomic mass is 9.99. The molecule has 0 aromatic heterocycles. The van der Waals surface area contributed by atoms with Crippen LogP contribution in [0.1, 0.15) is 22.8 Å². The maximum Gasteiger partial charge on any atom is 0.416 e. The van der Waals surface area contributed by atoms with E-state index in [0.717, 1.165) is 11.8 Å². The standard InChI is InChI=1S/C19H18F3NO3/c20-19(21,22)17-8-15(25)6-7-16(17)18-10-23(14(11-24)12-26-18)9-13-4-2-1-3-5-13/h1-8,11,14,18,25H,9-10,12H2. The quantitative estimate of drug-likeness (QED) is 0.842. The summed E-state index contributed by atoms with van der Waals surface area (Å²) in [4.78, 5) is 13.1. The molecule has 2 aromatic rings. The third-order valence-electron chi connectivity index (χ3n) is 4.41. The van der Waals surface area contributed by atoms with E-state index in [4.69, 9.17) is 4.74 Å². The molecule has 2 aromatic carbocycles. The molecule has 1 saturated heterocycles. The Bertz CT molecular complexity index is 764. The first-order chi connectivity index (χ1) is 12.4. The molecule has 0 aliphatic carbocycles. The molecule has 1 aliphatic rings. The van der Waals surface area contributed by atoms with Gasteiger partial charge in [0.2, 0.25) is 0 Å². The van der Waals surface area contributed by atoms with Crippen LogP contribution < -0.4 is 0 Å². The largest absolute Gasteiger partial charge is 0.508 e. The molecule has 0 amide bonds. The maximum atomic E-state index is 13.3. The minimum Gasteiger partial charge on any atom is -0.508 e. The molecule has 1 aliphatic heterocycles. The van der Waals surface area contributed by atoms with Crippen LogP contribution in [0.25, 0.3) is 0 Å². The van der Waals surface area contributed by atoms with Gasteiger partial charge < -0.3 is 14.6 Å². The zero-order valence-electron chi connectivity index (χ0n) is 13.8. The molecule has 0 bridgehead atoms. The average Bonchev–Trinajstić information content (AvgIpc) is 2.62. The van der Waals surface area contributed by atoms with Crippen LogP contribution in [0.4, 0.5) is 13.2 Å². The van der Waals surface area contributed by atoms with Crippen molar-refractivity contribution >= 4 is 6.29 Å². The SMILES string of the molecule is O=CC1COC(c2ccc(O)cc2C(F)(F)F)CN1Cc1ccccc1. The maximum absolute atomic E-state index is 13.3. The summed E-state index contributed by atoms with van der Waals surface area (Å²) < 4.78 is 45.6. The number of nitrogens with zero attached hydrogens (tertiary/aromatic N) is 1. The van der Waals surface area contributed by atoms with Gasteiger partial charge in [-0.2, -0.15) is 13.2 Å². The smallest absolute Gasteiger partial charge is 0.416 e. The molecule has 0 radical (unpaired) electrons. The number of rotatable bonds is 4. The van der Waals surface area contributed by atoms with Gasteiger partial charge in [0, 0.05) is 13.1 Å². The molecule has 26 heavy (non-hydrogen) atoms. The molecule has 0 spiro atoms. The minimum absolute atomic E-state index is 0.0131. The second kappa shape index (κ2) is 7.47. The van der Waals surface area contributed by atoms with Crippen LogP contribution in [0.3, 0.4) is 0 Å². The summed E-state index contributed by atoms with van der Waals surface area (Å²) in [5, 5.41) is 9.43. The molecule has 1 fully saturated rings. The molecule has 2 unspecified atom stereocenters. The van der Waals surface area contributed by atoms with E-state index in [1.807, 2.05) is 35.2 Å². The van der Waals surface area contributed by atoms with Crippen LogP contribution in [0.2, 0.25) is 0 Å². The summed E-state index contributed by atoms with van der Waals surface area (Å²) >= 11 is 0. The van der Waals surface area contributed by atoms with E-state index in [0.29, 0.717) is 12.6 Å². The van der Waals surface area contributed by atoms with Crippen molar-refractivity contribution in [1.29, 1.82) is 0 Å². The fourth-order valence-electron chi connectivity index (χ4n) is 3.10. The van der Waals surface area contributed by atoms with Gasteiger partial charge in [0.1, 0.15) is 12.0 Å². The molecule has 3 rings (SSSR count). The molecule has 2 atom stereocenters. The number of aldehydes is 1. The van der Waals surface area contributed by atoms with E-state index in [9.17, 15) is 23.1 Å². The average molecular weight is 365 g/mol. The van der Waals surface area contributed by atoms with Gasteiger partial charge in [0.05, 0.1) is 24.3 Å². The predicted molar refractivity (Wildman–Crippen MR) is 88.5 cm³/mol. The van der Waals surface area contributed by atoms with Crippen molar-refractivity contribution in [3.63, 3.8) is 0 Å². The summed E-state index contributed by atoms with van der Waals surface area (Å²) in [6.07, 6.45) is -4.70. The molecule has 7 heteroatoms. The first-order valence-electron chi connectivity index (χ1n) is 8.13. The van der Waals surface area contributed by atoms with E-state index >= 15 is 0 Å². The highest BCUT2D eigenvalue weighted by Crippen LogP contribution is 2.39. The van der Waals surface area contributed by atoms with Gasteiger partial charge >= 0.3 is 6.18 Å². The first kappa shape index (κ1) is 18.4. The molecule has 4 nitrogen and oxygen atoms in total. The Morgan fingerprint density at radius 3 is 2.58 bits per heavy atom. The zero-order valence-corrected chi connectivity index (χ0v) is 13.8. The lowest BCUT2D eigenvalue weighted by molar-refractivity contribution is -0.142. The second-order valence-corrected chi connectivity index (χ2v) is 6.21. The predicted octanol–water partition coefficient (Wildman–Crippen LogP) is 3.55. The van der Waals surface area contributed by atoms with Crippen LogP contribution in [0.15, 0.2) is 48.5 Å². The number of benzene rings is 2. The minimum atomic E-state index is -4.61. The Labute approximate surface area is 148 Å². The number of hydrogen-bond donors (Lipinski definition) is 1. The topological polar surface area (TPSA) is 49.8 Å². The lowest BCUT2D eigenvalue weighted by Crippen LogP contribution is -2.47. The van der Waals surface area contributed by atoms with E-state index in [1.165, 1.54) is 12.1 Å². The molecular formula is C19H18F3NO3. The van der Waals surface area contributed by atoms with E-state index in [1.54, 1.807) is 0 Å². The fraction of sp³-hybridized carbons (Fsp3) is 0.316. The van der Waals surface area contributed by atoms with E-state index in [-0.39, 0.29) is 18.7 Å². The fourth-order valence-corrected chi connectivity index (χ4v) is 3.10. The summed E-state index contributed by atoms with van der Waals surface area (Å²) in [6, 6.07) is 12.0. The van der Waals surface area contributed by atoms with Crippen molar-refractivity contribution in [1.82, 2.24) is 4.90 Å². The number of hydrogen-bond acceptors (Lipinski definition) is 4. The van der Waals surface area contributed by atoms with Crippen molar-refractivity contribution in [2.24, 2.45) is 0 Å². The van der Waals surface area contributed by atoms with Gasteiger partial charge in [0.25, 0.3) is 0 Å². The van der Waals surface area contributed by atoms with Gasteiger partial charge in [-0.3, -0.25) is 4.90 Å². The highest BCUT2D eigenvalue weighted by atomic mass is 19.4. The number of ether oxygens (including phenoxy) is 1. The number of halogens is 3. The summed E-state index contributed by atoms with van der Waals surface area (Å²) in [7, 11) is 0. The van der Waals surface area contributed by atoms with Crippen molar-refractivity contribution in [3.8, 4) is 5.75 Å². The number of carbonyl (C=O) groups excluding carboxylic acids is 1. The molecule has 1 heterocycles. The number of alkyl halides is 3. The van der Waals surface area contributed by atoms with Crippen molar-refractivity contribution in [3.05, 3.63) is 65.2 Å². The molecule has 0 saturated carbocycles. The summed E-state index contributed by atoms with van der Waals surface area (Å²) in [5.41, 5.74) is -0.00817. The Morgan fingerprint density at radius 2 is 1.92 bits per heavy atom. The second-order valence-electron chi connectivity index (χ2n) is 6.21. The molecule has 1 N–H and O–H groups in total. The molecule has 138 valence electrons. The van der Waals surface area contributed by atoms with Gasteiger partial charge in [-0.1, -0.05) is 36.4 Å². The van der Waals surface area contributed by atoms with Gasteiger partial charge in [0.15, 0.2) is 0 Å². The normalized spacial score (nSPS) is 21.5. The van der Waals surface area contributed by atoms with Crippen LogP contribution in [0.5, 0.6) is 5.75 Å². The van der Waals surface area contributed by atoms with E-state index < -0.39 is 29.6 Å². The third-order valence-corrected chi connectivity index (χ3v) is 4.41. The van der Waals surface area contributed by atoms with Crippen LogP contribution in [0, 0.1) is 0 Å². The van der Waals surface area contributed by atoms with Gasteiger partial charge in [-0.05, 0) is 23.3 Å². The van der Waals surface area contributed by atoms with Crippen molar-refractivity contribution < 1.29 is 27.8 Å². The number of phenols is 1. The van der Waals surface area contributed by atoms with Crippen LogP contribution >= 0.6 is 0 Å². The van der Waals surface area contributed by atoms with Gasteiger partial charge in [-0.25, -0.2) is 0 Å². The Balaban J connectivity index is 1.87. The number of morpholine rings is 1. The monoisotopic (exact) mass is 365 g/mol. The number of phenolic OH excluding ortho intramolecular Hbond substituents is 1. The van der Waals surface area contributed by atoms with Gasteiger partial charge in [-0.15, -0.1) is 0 Å². The highest BCUT2D eigenvalue weighted by molar-refractivity contribution is 5.58. The lowest BCUT2D eigenvalue weighted by Gasteiger charge is -2.38. The Kier molecular flexibility index (Phi) is 5.29. The third kappa shape index (κ3) is 4.05. The Morgan fingerprint density at radius 1 is 1.19 bits per heavy atom. The highest BCUT2D eigenvalue weighted by Gasteiger charge is 2.38. The summed E-state index contributed by atoms with van der Waals surface area (Å²) in [5.74, 6) is -0.455. The van der Waals surface area contributed by atoms with Crippen molar-refractivity contribution in [2.45, 2.75) is 24.9 Å². The molecular weight excluding hydrogens is 347 g/mol.